The Morgan fingerprint density at radius 2 is 1.48 bits per heavy atom. The monoisotopic (exact) mass is 303 g/mol. The first-order chi connectivity index (χ1) is 9.95. The molecule has 0 saturated heterocycles. The summed E-state index contributed by atoms with van der Waals surface area (Å²) in [7, 11) is 0. The van der Waals surface area contributed by atoms with Gasteiger partial charge in [-0.2, -0.15) is 0 Å². The van der Waals surface area contributed by atoms with E-state index < -0.39 is 18.0 Å². The van der Waals surface area contributed by atoms with Crippen LogP contribution in [0.15, 0.2) is 0 Å². The van der Waals surface area contributed by atoms with E-state index in [1.165, 1.54) is 13.8 Å². The van der Waals surface area contributed by atoms with Gasteiger partial charge in [-0.1, -0.05) is 0 Å². The van der Waals surface area contributed by atoms with Crippen LogP contribution in [0, 0.1) is 0 Å². The molecule has 0 saturated carbocycles. The highest BCUT2D eigenvalue weighted by molar-refractivity contribution is 5.78. The van der Waals surface area contributed by atoms with Crippen LogP contribution in [0.1, 0.15) is 39.5 Å². The van der Waals surface area contributed by atoms with Crippen molar-refractivity contribution in [1.82, 2.24) is 0 Å². The van der Waals surface area contributed by atoms with Gasteiger partial charge in [0.05, 0.1) is 0 Å². The van der Waals surface area contributed by atoms with Crippen LogP contribution >= 0.6 is 0 Å². The Balaban J connectivity index is 3.90. The fourth-order valence-corrected chi connectivity index (χ4v) is 1.51. The molecular formula is C14H25NO6. The zero-order valence-corrected chi connectivity index (χ0v) is 12.8. The normalized spacial score (nSPS) is 10.5. The first kappa shape index (κ1) is 19.5. The van der Waals surface area contributed by atoms with Crippen LogP contribution in [0.25, 0.3) is 0 Å². The van der Waals surface area contributed by atoms with E-state index in [0.29, 0.717) is 38.8 Å². The molecule has 0 radical (unpaired) electrons. The van der Waals surface area contributed by atoms with Gasteiger partial charge in [-0.15, -0.1) is 0 Å². The molecule has 0 rings (SSSR count). The molecule has 21 heavy (non-hydrogen) atoms. The lowest BCUT2D eigenvalue weighted by Gasteiger charge is -2.17. The van der Waals surface area contributed by atoms with Crippen molar-refractivity contribution in [2.24, 2.45) is 5.73 Å². The maximum absolute atomic E-state index is 11.4. The van der Waals surface area contributed by atoms with Gasteiger partial charge in [-0.3, -0.25) is 14.4 Å². The average molecular weight is 303 g/mol. The lowest BCUT2D eigenvalue weighted by Crippen LogP contribution is -2.28. The second kappa shape index (κ2) is 12.3. The number of ketones is 1. The summed E-state index contributed by atoms with van der Waals surface area (Å²) < 4.78 is 15.1. The van der Waals surface area contributed by atoms with Gasteiger partial charge in [0.15, 0.2) is 0 Å². The summed E-state index contributed by atoms with van der Waals surface area (Å²) in [6, 6.07) is 0. The molecular weight excluding hydrogens is 278 g/mol. The van der Waals surface area contributed by atoms with Crippen LogP contribution < -0.4 is 5.73 Å². The van der Waals surface area contributed by atoms with Gasteiger partial charge in [-0.05, 0) is 19.4 Å². The molecule has 0 aliphatic rings. The predicted octanol–water partition coefficient (Wildman–Crippen LogP) is 0.586. The SMILES string of the molecule is CC(=O)OCC(COC(C)=O)OCCCC(=O)CCCN. The summed E-state index contributed by atoms with van der Waals surface area (Å²) in [5, 5.41) is 0. The van der Waals surface area contributed by atoms with Gasteiger partial charge >= 0.3 is 11.9 Å². The first-order valence-corrected chi connectivity index (χ1v) is 7.05. The molecule has 0 amide bonds. The number of carbonyl (C=O) groups excluding carboxylic acids is 3. The number of Topliss-reactive ketones (excluding diaryl/α,β-unsaturated/α-hetero) is 1. The Morgan fingerprint density at radius 3 is 1.95 bits per heavy atom. The number of ether oxygens (including phenoxy) is 3. The van der Waals surface area contributed by atoms with Crippen molar-refractivity contribution >= 4 is 17.7 Å². The lowest BCUT2D eigenvalue weighted by molar-refractivity contribution is -0.152. The molecule has 7 heteroatoms. The van der Waals surface area contributed by atoms with Crippen molar-refractivity contribution in [2.45, 2.75) is 45.6 Å². The third-order valence-electron chi connectivity index (χ3n) is 2.56. The summed E-state index contributed by atoms with van der Waals surface area (Å²) in [4.78, 5) is 33.0. The Hall–Kier alpha value is -1.47. The summed E-state index contributed by atoms with van der Waals surface area (Å²) in [5.41, 5.74) is 5.33. The standard InChI is InChI=1S/C14H25NO6/c1-11(16)20-9-14(10-21-12(2)17)19-8-4-6-13(18)5-3-7-15/h14H,3-10,15H2,1-2H3. The Morgan fingerprint density at radius 1 is 0.952 bits per heavy atom. The van der Waals surface area contributed by atoms with Crippen molar-refractivity contribution in [2.75, 3.05) is 26.4 Å². The quantitative estimate of drug-likeness (QED) is 0.415. The van der Waals surface area contributed by atoms with Crippen molar-refractivity contribution in [1.29, 1.82) is 0 Å². The van der Waals surface area contributed by atoms with Crippen molar-refractivity contribution in [3.05, 3.63) is 0 Å². The van der Waals surface area contributed by atoms with Crippen LogP contribution in [-0.2, 0) is 28.6 Å². The van der Waals surface area contributed by atoms with Gasteiger partial charge in [0, 0.05) is 33.3 Å². The van der Waals surface area contributed by atoms with Crippen LogP contribution in [0.2, 0.25) is 0 Å². The first-order valence-electron chi connectivity index (χ1n) is 7.05. The summed E-state index contributed by atoms with van der Waals surface area (Å²) >= 11 is 0. The summed E-state index contributed by atoms with van der Waals surface area (Å²) in [5.74, 6) is -0.702. The molecule has 0 aliphatic carbocycles. The minimum absolute atomic E-state index is 0.0176. The van der Waals surface area contributed by atoms with Gasteiger partial charge in [0.1, 0.15) is 25.1 Å². The van der Waals surface area contributed by atoms with E-state index in [2.05, 4.69) is 0 Å². The van der Waals surface area contributed by atoms with E-state index in [0.717, 1.165) is 0 Å². The third kappa shape index (κ3) is 13.3. The zero-order chi connectivity index (χ0) is 16.1. The van der Waals surface area contributed by atoms with E-state index in [4.69, 9.17) is 19.9 Å². The molecule has 0 fully saturated rings. The fourth-order valence-electron chi connectivity index (χ4n) is 1.51. The highest BCUT2D eigenvalue weighted by atomic mass is 16.6. The Kier molecular flexibility index (Phi) is 11.4. The van der Waals surface area contributed by atoms with Gasteiger partial charge in [-0.25, -0.2) is 0 Å². The molecule has 0 aromatic carbocycles. The Bertz CT molecular complexity index is 313. The maximum atomic E-state index is 11.4. The molecule has 0 aromatic heterocycles. The average Bonchev–Trinajstić information content (AvgIpc) is 2.42. The molecule has 0 unspecified atom stereocenters. The van der Waals surface area contributed by atoms with Crippen LogP contribution in [0.4, 0.5) is 0 Å². The van der Waals surface area contributed by atoms with Crippen LogP contribution in [0.5, 0.6) is 0 Å². The zero-order valence-electron chi connectivity index (χ0n) is 12.8. The van der Waals surface area contributed by atoms with Crippen molar-refractivity contribution in [3.63, 3.8) is 0 Å². The van der Waals surface area contributed by atoms with E-state index in [9.17, 15) is 14.4 Å². The second-order valence-corrected chi connectivity index (χ2v) is 4.63. The van der Waals surface area contributed by atoms with Crippen molar-refractivity contribution < 1.29 is 28.6 Å². The van der Waals surface area contributed by atoms with E-state index in [-0.39, 0.29) is 19.0 Å². The second-order valence-electron chi connectivity index (χ2n) is 4.63. The number of hydrogen-bond donors (Lipinski definition) is 1. The number of hydrogen-bond acceptors (Lipinski definition) is 7. The van der Waals surface area contributed by atoms with Crippen LogP contribution in [0.3, 0.4) is 0 Å². The molecule has 0 aliphatic heterocycles. The molecule has 0 heterocycles. The van der Waals surface area contributed by atoms with Crippen LogP contribution in [-0.4, -0.2) is 50.2 Å². The molecule has 0 aromatic rings. The number of esters is 2. The molecule has 0 atom stereocenters. The van der Waals surface area contributed by atoms with E-state index >= 15 is 0 Å². The van der Waals surface area contributed by atoms with Gasteiger partial charge in [0.25, 0.3) is 0 Å². The Labute approximate surface area is 125 Å². The highest BCUT2D eigenvalue weighted by Gasteiger charge is 2.13. The van der Waals surface area contributed by atoms with Gasteiger partial charge < -0.3 is 19.9 Å². The van der Waals surface area contributed by atoms with E-state index in [1.54, 1.807) is 0 Å². The largest absolute Gasteiger partial charge is 0.463 e. The van der Waals surface area contributed by atoms with E-state index in [1.807, 2.05) is 0 Å². The predicted molar refractivity (Wildman–Crippen MR) is 75.5 cm³/mol. The van der Waals surface area contributed by atoms with Crippen molar-refractivity contribution in [3.8, 4) is 0 Å². The lowest BCUT2D eigenvalue weighted by atomic mass is 10.1. The van der Waals surface area contributed by atoms with Gasteiger partial charge in [0.2, 0.25) is 0 Å². The third-order valence-corrected chi connectivity index (χ3v) is 2.56. The number of rotatable bonds is 12. The smallest absolute Gasteiger partial charge is 0.302 e. The summed E-state index contributed by atoms with van der Waals surface area (Å²) in [6.45, 7) is 3.46. The fraction of sp³-hybridized carbons (Fsp3) is 0.786. The summed E-state index contributed by atoms with van der Waals surface area (Å²) in [6.07, 6.45) is 1.66. The number of carbonyl (C=O) groups is 3. The minimum atomic E-state index is -0.517. The topological polar surface area (TPSA) is 105 Å². The number of nitrogens with two attached hydrogens (primary N) is 1. The molecule has 0 spiro atoms. The molecule has 7 nitrogen and oxygen atoms in total. The minimum Gasteiger partial charge on any atom is -0.463 e. The highest BCUT2D eigenvalue weighted by Crippen LogP contribution is 2.02. The maximum Gasteiger partial charge on any atom is 0.302 e. The molecule has 0 bridgehead atoms. The molecule has 122 valence electrons. The molecule has 2 N–H and O–H groups in total.